The summed E-state index contributed by atoms with van der Waals surface area (Å²) in [5.41, 5.74) is 20.1. The van der Waals surface area contributed by atoms with Crippen LogP contribution in [0.3, 0.4) is 0 Å². The Kier molecular flexibility index (Phi) is 6.74. The van der Waals surface area contributed by atoms with Crippen molar-refractivity contribution in [3.8, 4) is 44.5 Å². The van der Waals surface area contributed by atoms with E-state index in [0.717, 1.165) is 33.8 Å². The van der Waals surface area contributed by atoms with E-state index in [1.54, 1.807) is 0 Å². The smallest absolute Gasteiger partial charge is 0.135 e. The van der Waals surface area contributed by atoms with E-state index in [4.69, 9.17) is 4.42 Å². The van der Waals surface area contributed by atoms with Crippen LogP contribution in [-0.2, 0) is 10.8 Å². The molecule has 0 amide bonds. The number of hydrogen-bond donors (Lipinski definition) is 0. The molecule has 13 rings (SSSR count). The van der Waals surface area contributed by atoms with Crippen molar-refractivity contribution < 1.29 is 4.42 Å². The highest BCUT2D eigenvalue weighted by Crippen LogP contribution is 2.65. The van der Waals surface area contributed by atoms with E-state index in [1.807, 2.05) is 0 Å². The Balaban J connectivity index is 0.993. The molecule has 0 bridgehead atoms. The van der Waals surface area contributed by atoms with Crippen molar-refractivity contribution in [2.24, 2.45) is 0 Å². The van der Waals surface area contributed by atoms with E-state index in [9.17, 15) is 0 Å². The maximum atomic E-state index is 7.06. The number of nitrogens with zero attached hydrogens (tertiary/aromatic N) is 1. The second-order valence-electron chi connectivity index (χ2n) is 17.2. The standard InChI is InChI=1S/C58H39NO/c1-57(2)51-33-39(38-25-24-36-14-6-7-15-37(36)32-38)26-29-45(51)46-30-27-41(34-52(46)57)59(40-16-4-3-5-17-40)42-28-31-47-53(35-42)58(56-55(47)48-20-10-13-23-54(48)60-56)49-21-11-8-18-43(49)44-19-9-12-22-50(44)58/h3-35H,1-2H3. The molecule has 2 heteroatoms. The van der Waals surface area contributed by atoms with E-state index in [2.05, 4.69) is 219 Å². The van der Waals surface area contributed by atoms with Crippen LogP contribution in [0.15, 0.2) is 205 Å². The molecule has 0 saturated carbocycles. The summed E-state index contributed by atoms with van der Waals surface area (Å²) < 4.78 is 7.06. The largest absolute Gasteiger partial charge is 0.459 e. The number of hydrogen-bond acceptors (Lipinski definition) is 2. The molecule has 10 aromatic rings. The molecule has 1 aromatic heterocycles. The molecule has 0 N–H and O–H groups in total. The van der Waals surface area contributed by atoms with E-state index < -0.39 is 5.41 Å². The number of anilines is 3. The maximum absolute atomic E-state index is 7.06. The highest BCUT2D eigenvalue weighted by atomic mass is 16.3. The Morgan fingerprint density at radius 1 is 0.383 bits per heavy atom. The van der Waals surface area contributed by atoms with Crippen molar-refractivity contribution in [3.05, 3.63) is 234 Å². The van der Waals surface area contributed by atoms with Crippen molar-refractivity contribution in [2.75, 3.05) is 4.90 Å². The molecule has 0 atom stereocenters. The molecule has 0 aliphatic heterocycles. The van der Waals surface area contributed by atoms with Gasteiger partial charge in [0.25, 0.3) is 0 Å². The lowest BCUT2D eigenvalue weighted by Gasteiger charge is -2.31. The summed E-state index contributed by atoms with van der Waals surface area (Å²) in [5, 5.41) is 3.69. The van der Waals surface area contributed by atoms with Crippen LogP contribution < -0.4 is 4.90 Å². The fraction of sp³-hybridized carbons (Fsp3) is 0.0690. The van der Waals surface area contributed by atoms with Crippen molar-refractivity contribution in [2.45, 2.75) is 24.7 Å². The van der Waals surface area contributed by atoms with Crippen molar-refractivity contribution in [1.82, 2.24) is 0 Å². The first kappa shape index (κ1) is 33.5. The SMILES string of the molecule is CC1(C)c2cc(-c3ccc4ccccc4c3)ccc2-c2ccc(N(c3ccccc3)c3ccc4c(c3)C3(c5ccccc5-c5ccccc53)c3oc5ccccc5c3-4)cc21. The molecule has 0 unspecified atom stereocenters. The molecule has 0 radical (unpaired) electrons. The first-order valence-corrected chi connectivity index (χ1v) is 21.0. The number of benzene rings is 9. The molecule has 60 heavy (non-hydrogen) atoms. The molecule has 1 spiro atoms. The van der Waals surface area contributed by atoms with Gasteiger partial charge < -0.3 is 9.32 Å². The summed E-state index contributed by atoms with van der Waals surface area (Å²) >= 11 is 0. The van der Waals surface area contributed by atoms with Crippen LogP contribution in [0.5, 0.6) is 0 Å². The van der Waals surface area contributed by atoms with Gasteiger partial charge >= 0.3 is 0 Å². The van der Waals surface area contributed by atoms with Gasteiger partial charge in [-0.3, -0.25) is 0 Å². The number of furan rings is 1. The first-order chi connectivity index (χ1) is 29.5. The third-order valence-corrected chi connectivity index (χ3v) is 13.8. The Bertz CT molecular complexity index is 3380. The third kappa shape index (κ3) is 4.38. The molecule has 282 valence electrons. The highest BCUT2D eigenvalue weighted by molar-refractivity contribution is 6.05. The molecule has 0 fully saturated rings. The van der Waals surface area contributed by atoms with Crippen LogP contribution in [0.4, 0.5) is 17.1 Å². The lowest BCUT2D eigenvalue weighted by molar-refractivity contribution is 0.507. The van der Waals surface area contributed by atoms with Gasteiger partial charge in [0, 0.05) is 33.4 Å². The Labute approximate surface area is 349 Å². The number of rotatable bonds is 4. The predicted octanol–water partition coefficient (Wildman–Crippen LogP) is 15.4. The summed E-state index contributed by atoms with van der Waals surface area (Å²) in [4.78, 5) is 2.44. The van der Waals surface area contributed by atoms with Crippen LogP contribution in [0.1, 0.15) is 47.4 Å². The predicted molar refractivity (Wildman–Crippen MR) is 248 cm³/mol. The molecule has 3 aliphatic rings. The fourth-order valence-electron chi connectivity index (χ4n) is 11.1. The van der Waals surface area contributed by atoms with Crippen LogP contribution in [0.25, 0.3) is 66.2 Å². The van der Waals surface area contributed by atoms with Gasteiger partial charge in [-0.2, -0.15) is 0 Å². The van der Waals surface area contributed by atoms with Crippen LogP contribution in [0, 0.1) is 0 Å². The second kappa shape index (κ2) is 12.1. The minimum absolute atomic E-state index is 0.204. The van der Waals surface area contributed by atoms with Gasteiger partial charge in [-0.1, -0.05) is 159 Å². The summed E-state index contributed by atoms with van der Waals surface area (Å²) in [6.07, 6.45) is 0. The van der Waals surface area contributed by atoms with Crippen LogP contribution in [-0.4, -0.2) is 0 Å². The first-order valence-electron chi connectivity index (χ1n) is 21.0. The average Bonchev–Trinajstić information content (AvgIpc) is 3.98. The molecule has 9 aromatic carbocycles. The van der Waals surface area contributed by atoms with E-state index in [-0.39, 0.29) is 5.41 Å². The summed E-state index contributed by atoms with van der Waals surface area (Å²) in [6, 6.07) is 73.9. The Morgan fingerprint density at radius 2 is 0.933 bits per heavy atom. The van der Waals surface area contributed by atoms with Gasteiger partial charge in [0.05, 0.1) is 0 Å². The van der Waals surface area contributed by atoms with Gasteiger partial charge in [0.2, 0.25) is 0 Å². The van der Waals surface area contributed by atoms with Crippen molar-refractivity contribution in [1.29, 1.82) is 0 Å². The normalized spacial score (nSPS) is 14.4. The minimum Gasteiger partial charge on any atom is -0.459 e. The lowest BCUT2D eigenvalue weighted by Crippen LogP contribution is -2.26. The second-order valence-corrected chi connectivity index (χ2v) is 17.2. The summed E-state index contributed by atoms with van der Waals surface area (Å²) in [5.74, 6) is 1.01. The molecule has 3 aliphatic carbocycles. The molecular formula is C58H39NO. The van der Waals surface area contributed by atoms with E-state index >= 15 is 0 Å². The molecular weight excluding hydrogens is 727 g/mol. The van der Waals surface area contributed by atoms with Crippen molar-refractivity contribution in [3.63, 3.8) is 0 Å². The zero-order chi connectivity index (χ0) is 39.7. The van der Waals surface area contributed by atoms with Crippen LogP contribution >= 0.6 is 0 Å². The summed E-state index contributed by atoms with van der Waals surface area (Å²) in [6.45, 7) is 4.77. The number of para-hydroxylation sites is 2. The van der Waals surface area contributed by atoms with Crippen molar-refractivity contribution >= 4 is 38.8 Å². The quantitative estimate of drug-likeness (QED) is 0.177. The highest BCUT2D eigenvalue weighted by Gasteiger charge is 2.55. The zero-order valence-corrected chi connectivity index (χ0v) is 33.4. The van der Waals surface area contributed by atoms with E-state index in [0.29, 0.717) is 0 Å². The summed E-state index contributed by atoms with van der Waals surface area (Å²) in [7, 11) is 0. The molecule has 0 saturated heterocycles. The molecule has 1 heterocycles. The lowest BCUT2D eigenvalue weighted by atomic mass is 9.73. The zero-order valence-electron chi connectivity index (χ0n) is 33.4. The van der Waals surface area contributed by atoms with Gasteiger partial charge in [-0.25, -0.2) is 0 Å². The number of fused-ring (bicyclic) bond motifs is 16. The maximum Gasteiger partial charge on any atom is 0.135 e. The topological polar surface area (TPSA) is 16.4 Å². The Morgan fingerprint density at radius 3 is 1.70 bits per heavy atom. The fourth-order valence-corrected chi connectivity index (χ4v) is 11.1. The third-order valence-electron chi connectivity index (χ3n) is 13.8. The minimum atomic E-state index is -0.598. The monoisotopic (exact) mass is 765 g/mol. The molecule has 2 nitrogen and oxygen atoms in total. The van der Waals surface area contributed by atoms with E-state index in [1.165, 1.54) is 83.1 Å². The van der Waals surface area contributed by atoms with Gasteiger partial charge in [-0.05, 0) is 132 Å². The Hall–Kier alpha value is -7.42. The van der Waals surface area contributed by atoms with Gasteiger partial charge in [0.1, 0.15) is 16.8 Å². The van der Waals surface area contributed by atoms with Gasteiger partial charge in [-0.15, -0.1) is 0 Å². The van der Waals surface area contributed by atoms with Crippen LogP contribution in [0.2, 0.25) is 0 Å². The average molecular weight is 766 g/mol. The van der Waals surface area contributed by atoms with Gasteiger partial charge in [0.15, 0.2) is 0 Å².